The van der Waals surface area contributed by atoms with E-state index < -0.39 is 9.84 Å². The molecule has 0 aromatic carbocycles. The molecule has 0 aliphatic carbocycles. The van der Waals surface area contributed by atoms with Crippen LogP contribution in [0.2, 0.25) is 0 Å². The van der Waals surface area contributed by atoms with Gasteiger partial charge in [-0.05, 0) is 0 Å². The van der Waals surface area contributed by atoms with E-state index in [1.54, 1.807) is 0 Å². The van der Waals surface area contributed by atoms with E-state index in [9.17, 15) is 8.42 Å². The van der Waals surface area contributed by atoms with Gasteiger partial charge >= 0.3 is 0 Å². The maximum absolute atomic E-state index is 10.7. The summed E-state index contributed by atoms with van der Waals surface area (Å²) in [6, 6.07) is 2.04. The van der Waals surface area contributed by atoms with Crippen molar-refractivity contribution in [1.29, 1.82) is 5.26 Å². The van der Waals surface area contributed by atoms with Crippen molar-refractivity contribution in [2.24, 2.45) is 0 Å². The summed E-state index contributed by atoms with van der Waals surface area (Å²) in [6.07, 6.45) is 1.71. The van der Waals surface area contributed by atoms with Gasteiger partial charge in [0.15, 0.2) is 0 Å². The first-order valence-electron chi connectivity index (χ1n) is 3.62. The predicted octanol–water partition coefficient (Wildman–Crippen LogP) is 1.07. The second kappa shape index (κ2) is 5.44. The molecule has 0 saturated carbocycles. The van der Waals surface area contributed by atoms with Gasteiger partial charge in [0, 0.05) is 23.7 Å². The topological polar surface area (TPSA) is 57.9 Å². The fourth-order valence-corrected chi connectivity index (χ4v) is 2.78. The molecule has 5 heteroatoms. The lowest BCUT2D eigenvalue weighted by atomic mass is 10.4. The van der Waals surface area contributed by atoms with Gasteiger partial charge in [0.05, 0.1) is 11.8 Å². The molecule has 12 heavy (non-hydrogen) atoms. The van der Waals surface area contributed by atoms with E-state index in [0.29, 0.717) is 12.2 Å². The Labute approximate surface area is 78.1 Å². The number of nitrogens with zero attached hydrogens (tertiary/aromatic N) is 1. The van der Waals surface area contributed by atoms with Crippen LogP contribution in [0.15, 0.2) is 0 Å². The lowest BCUT2D eigenvalue weighted by Gasteiger charge is -2.04. The molecule has 0 radical (unpaired) electrons. The Kier molecular flexibility index (Phi) is 5.34. The summed E-state index contributed by atoms with van der Waals surface area (Å²) >= 11 is 1.53. The molecule has 0 spiro atoms. The van der Waals surface area contributed by atoms with Gasteiger partial charge in [0.25, 0.3) is 0 Å². The van der Waals surface area contributed by atoms with Crippen LogP contribution in [-0.2, 0) is 9.84 Å². The maximum Gasteiger partial charge on any atom is 0.148 e. The first kappa shape index (κ1) is 11.8. The minimum atomic E-state index is -2.84. The molecule has 0 aromatic heterocycles. The van der Waals surface area contributed by atoms with Crippen LogP contribution in [0.1, 0.15) is 13.3 Å². The van der Waals surface area contributed by atoms with E-state index in [2.05, 4.69) is 0 Å². The molecule has 0 rings (SSSR count). The highest BCUT2D eigenvalue weighted by Crippen LogP contribution is 2.13. The minimum absolute atomic E-state index is 0.202. The molecule has 0 aliphatic heterocycles. The molecule has 0 aromatic rings. The van der Waals surface area contributed by atoms with Gasteiger partial charge in [-0.25, -0.2) is 8.42 Å². The fraction of sp³-hybridized carbons (Fsp3) is 0.857. The van der Waals surface area contributed by atoms with Crippen molar-refractivity contribution in [3.05, 3.63) is 0 Å². The predicted molar refractivity (Wildman–Crippen MR) is 51.9 cm³/mol. The van der Waals surface area contributed by atoms with Crippen LogP contribution in [0.25, 0.3) is 0 Å². The normalized spacial score (nSPS) is 13.8. The van der Waals surface area contributed by atoms with Crippen LogP contribution in [0, 0.1) is 11.3 Å². The van der Waals surface area contributed by atoms with Crippen molar-refractivity contribution in [3.8, 4) is 6.07 Å². The van der Waals surface area contributed by atoms with Crippen LogP contribution in [-0.4, -0.2) is 31.4 Å². The van der Waals surface area contributed by atoms with Gasteiger partial charge in [-0.2, -0.15) is 17.0 Å². The Morgan fingerprint density at radius 1 is 1.58 bits per heavy atom. The summed E-state index contributed by atoms with van der Waals surface area (Å²) in [5, 5.41) is 8.55. The quantitative estimate of drug-likeness (QED) is 0.676. The molecule has 0 fully saturated rings. The molecule has 0 saturated heterocycles. The van der Waals surface area contributed by atoms with Gasteiger partial charge in [0.2, 0.25) is 0 Å². The molecule has 70 valence electrons. The number of thioether (sulfide) groups is 1. The van der Waals surface area contributed by atoms with Gasteiger partial charge < -0.3 is 0 Å². The molecule has 0 heterocycles. The Hall–Kier alpha value is -0.210. The summed E-state index contributed by atoms with van der Waals surface area (Å²) in [4.78, 5) is 0. The Morgan fingerprint density at radius 3 is 2.58 bits per heavy atom. The van der Waals surface area contributed by atoms with E-state index in [1.807, 2.05) is 13.0 Å². The van der Waals surface area contributed by atoms with Crippen molar-refractivity contribution in [2.75, 3.05) is 17.8 Å². The van der Waals surface area contributed by atoms with Crippen molar-refractivity contribution in [1.82, 2.24) is 0 Å². The number of sulfone groups is 1. The zero-order chi connectivity index (χ0) is 9.61. The first-order valence-corrected chi connectivity index (χ1v) is 6.73. The average Bonchev–Trinajstić information content (AvgIpc) is 1.84. The monoisotopic (exact) mass is 207 g/mol. The second-order valence-electron chi connectivity index (χ2n) is 2.67. The third-order valence-electron chi connectivity index (χ3n) is 1.24. The number of nitriles is 1. The van der Waals surface area contributed by atoms with E-state index >= 15 is 0 Å². The third kappa shape index (κ3) is 7.89. The van der Waals surface area contributed by atoms with Crippen molar-refractivity contribution in [2.45, 2.75) is 18.6 Å². The molecule has 0 aliphatic rings. The van der Waals surface area contributed by atoms with Crippen molar-refractivity contribution in [3.63, 3.8) is 0 Å². The largest absolute Gasteiger partial charge is 0.229 e. The van der Waals surface area contributed by atoms with Crippen molar-refractivity contribution < 1.29 is 8.42 Å². The Balaban J connectivity index is 3.52. The van der Waals surface area contributed by atoms with Crippen LogP contribution < -0.4 is 0 Å². The lowest BCUT2D eigenvalue weighted by molar-refractivity contribution is 0.603. The Bertz CT molecular complexity index is 253. The van der Waals surface area contributed by atoms with Gasteiger partial charge in [-0.3, -0.25) is 0 Å². The SMILES string of the molecule is CC(CC#N)SCCS(C)(=O)=O. The molecule has 1 unspecified atom stereocenters. The molecular formula is C7H13NO2S2. The van der Waals surface area contributed by atoms with E-state index in [-0.39, 0.29) is 11.0 Å². The summed E-state index contributed by atoms with van der Waals surface area (Å²) in [6.45, 7) is 1.93. The first-order chi connectivity index (χ1) is 5.45. The molecule has 1 atom stereocenters. The summed E-state index contributed by atoms with van der Waals surface area (Å²) in [7, 11) is -2.84. The number of rotatable bonds is 5. The smallest absolute Gasteiger partial charge is 0.148 e. The second-order valence-corrected chi connectivity index (χ2v) is 6.48. The third-order valence-corrected chi connectivity index (χ3v) is 3.61. The summed E-state index contributed by atoms with van der Waals surface area (Å²) in [5.41, 5.74) is 0. The van der Waals surface area contributed by atoms with Crippen LogP contribution in [0.5, 0.6) is 0 Å². The molecule has 0 N–H and O–H groups in total. The highest BCUT2D eigenvalue weighted by molar-refractivity contribution is 8.01. The lowest BCUT2D eigenvalue weighted by Crippen LogP contribution is -2.07. The van der Waals surface area contributed by atoms with Crippen LogP contribution >= 0.6 is 11.8 Å². The molecular weight excluding hydrogens is 194 g/mol. The minimum Gasteiger partial charge on any atom is -0.229 e. The highest BCUT2D eigenvalue weighted by Gasteiger charge is 2.05. The zero-order valence-corrected chi connectivity index (χ0v) is 8.91. The fourth-order valence-electron chi connectivity index (χ4n) is 0.588. The molecule has 0 amide bonds. The van der Waals surface area contributed by atoms with Crippen LogP contribution in [0.3, 0.4) is 0 Å². The summed E-state index contributed by atoms with van der Waals surface area (Å²) < 4.78 is 21.4. The number of hydrogen-bond acceptors (Lipinski definition) is 4. The standard InChI is InChI=1S/C7H13NO2S2/c1-7(3-4-8)11-5-6-12(2,9)10/h7H,3,5-6H2,1-2H3. The van der Waals surface area contributed by atoms with E-state index in [1.165, 1.54) is 18.0 Å². The maximum atomic E-state index is 10.7. The molecule has 3 nitrogen and oxygen atoms in total. The van der Waals surface area contributed by atoms with Crippen molar-refractivity contribution >= 4 is 21.6 Å². The van der Waals surface area contributed by atoms with Gasteiger partial charge in [0.1, 0.15) is 9.84 Å². The highest BCUT2D eigenvalue weighted by atomic mass is 32.2. The van der Waals surface area contributed by atoms with Gasteiger partial charge in [-0.15, -0.1) is 0 Å². The summed E-state index contributed by atoms with van der Waals surface area (Å²) in [5.74, 6) is 0.787. The van der Waals surface area contributed by atoms with E-state index in [4.69, 9.17) is 5.26 Å². The van der Waals surface area contributed by atoms with Gasteiger partial charge in [-0.1, -0.05) is 6.92 Å². The Morgan fingerprint density at radius 2 is 2.17 bits per heavy atom. The average molecular weight is 207 g/mol. The van der Waals surface area contributed by atoms with E-state index in [0.717, 1.165) is 0 Å². The zero-order valence-electron chi connectivity index (χ0n) is 7.28. The van der Waals surface area contributed by atoms with Crippen LogP contribution in [0.4, 0.5) is 0 Å². The number of hydrogen-bond donors (Lipinski definition) is 0. The molecule has 0 bridgehead atoms.